The minimum Gasteiger partial charge on any atom is -0.493 e. The van der Waals surface area contributed by atoms with E-state index in [4.69, 9.17) is 16.3 Å². The molecule has 216 valence electrons. The molecule has 0 aromatic heterocycles. The molecule has 2 amide bonds. The Balaban J connectivity index is 1.28. The predicted octanol–water partition coefficient (Wildman–Crippen LogP) is 3.51. The smallest absolute Gasteiger partial charge is 0.244 e. The number of hydrogen-bond acceptors (Lipinski definition) is 6. The van der Waals surface area contributed by atoms with Crippen LogP contribution in [0.25, 0.3) is 0 Å². The SMILES string of the molecule is Cc1cc(S(=O)(=O)N2CCNC(=O)[C@H]2CC(=O)N[C@@H]2CCOc3cc(CNC4CCCC4)ccc32)c(C)cc1Cl. The van der Waals surface area contributed by atoms with Crippen molar-refractivity contribution in [2.75, 3.05) is 19.7 Å². The van der Waals surface area contributed by atoms with Gasteiger partial charge in [-0.25, -0.2) is 8.42 Å². The summed E-state index contributed by atoms with van der Waals surface area (Å²) in [7, 11) is -4.05. The van der Waals surface area contributed by atoms with Crippen LogP contribution >= 0.6 is 11.6 Å². The summed E-state index contributed by atoms with van der Waals surface area (Å²) in [6.45, 7) is 4.87. The first kappa shape index (κ1) is 28.9. The Kier molecular flexibility index (Phi) is 8.70. The summed E-state index contributed by atoms with van der Waals surface area (Å²) in [6.07, 6.45) is 5.28. The molecule has 2 atom stereocenters. The van der Waals surface area contributed by atoms with Crippen molar-refractivity contribution in [3.05, 3.63) is 57.6 Å². The van der Waals surface area contributed by atoms with Crippen molar-refractivity contribution in [1.82, 2.24) is 20.3 Å². The quantitative estimate of drug-likeness (QED) is 0.435. The minimum absolute atomic E-state index is 0.0743. The lowest BCUT2D eigenvalue weighted by atomic mass is 9.98. The standard InChI is InChI=1S/C29H37ClN4O5S/c1-18-14-27(19(2)13-23(18)30)40(37,38)34-11-10-31-29(36)25(34)16-28(35)33-24-9-12-39-26-15-20(7-8-22(24)26)17-32-21-5-3-4-6-21/h7-8,13-15,21,24-25,32H,3-6,9-12,16-17H2,1-2H3,(H,31,36)(H,33,35)/t24-,25-/m1/s1. The number of rotatable bonds is 8. The summed E-state index contributed by atoms with van der Waals surface area (Å²) in [6, 6.07) is 8.31. The van der Waals surface area contributed by atoms with Gasteiger partial charge in [-0.3, -0.25) is 9.59 Å². The molecule has 0 bridgehead atoms. The Morgan fingerprint density at radius 2 is 1.90 bits per heavy atom. The third-order valence-electron chi connectivity index (χ3n) is 8.11. The molecule has 5 rings (SSSR count). The maximum Gasteiger partial charge on any atom is 0.244 e. The fourth-order valence-electron chi connectivity index (χ4n) is 5.85. The number of sulfonamides is 1. The van der Waals surface area contributed by atoms with Gasteiger partial charge in [0.25, 0.3) is 0 Å². The van der Waals surface area contributed by atoms with Crippen LogP contribution in [0.2, 0.25) is 5.02 Å². The summed E-state index contributed by atoms with van der Waals surface area (Å²) in [5, 5.41) is 9.82. The molecule has 40 heavy (non-hydrogen) atoms. The fourth-order valence-corrected chi connectivity index (χ4v) is 7.95. The first-order valence-electron chi connectivity index (χ1n) is 14.0. The van der Waals surface area contributed by atoms with E-state index in [1.807, 2.05) is 18.2 Å². The van der Waals surface area contributed by atoms with Crippen molar-refractivity contribution in [2.24, 2.45) is 0 Å². The van der Waals surface area contributed by atoms with Crippen LogP contribution in [0.15, 0.2) is 35.2 Å². The summed E-state index contributed by atoms with van der Waals surface area (Å²) in [5.74, 6) is -0.133. The van der Waals surface area contributed by atoms with Crippen molar-refractivity contribution < 1.29 is 22.7 Å². The van der Waals surface area contributed by atoms with Gasteiger partial charge in [0.2, 0.25) is 21.8 Å². The molecule has 1 saturated heterocycles. The summed E-state index contributed by atoms with van der Waals surface area (Å²) >= 11 is 6.18. The molecule has 2 aromatic carbocycles. The molecule has 0 spiro atoms. The van der Waals surface area contributed by atoms with E-state index in [1.54, 1.807) is 19.9 Å². The first-order chi connectivity index (χ1) is 19.1. The average Bonchev–Trinajstić information content (AvgIpc) is 3.44. The normalized spacial score (nSPS) is 21.9. The zero-order valence-corrected chi connectivity index (χ0v) is 24.5. The number of amides is 2. The lowest BCUT2D eigenvalue weighted by Crippen LogP contribution is -2.58. The molecule has 1 aliphatic carbocycles. The van der Waals surface area contributed by atoms with E-state index in [2.05, 4.69) is 16.0 Å². The Morgan fingerprint density at radius 1 is 1.12 bits per heavy atom. The van der Waals surface area contributed by atoms with E-state index in [-0.39, 0.29) is 30.4 Å². The van der Waals surface area contributed by atoms with Crippen molar-refractivity contribution in [3.8, 4) is 5.75 Å². The van der Waals surface area contributed by atoms with Crippen LogP contribution in [-0.4, -0.2) is 56.3 Å². The Labute approximate surface area is 241 Å². The van der Waals surface area contributed by atoms with E-state index in [9.17, 15) is 18.0 Å². The van der Waals surface area contributed by atoms with Crippen molar-refractivity contribution in [2.45, 2.75) is 81.9 Å². The molecule has 0 radical (unpaired) electrons. The molecule has 1 saturated carbocycles. The minimum atomic E-state index is -4.05. The highest BCUT2D eigenvalue weighted by atomic mass is 35.5. The Hall–Kier alpha value is -2.66. The van der Waals surface area contributed by atoms with Crippen LogP contribution in [0.4, 0.5) is 0 Å². The summed E-state index contributed by atoms with van der Waals surface area (Å²) in [4.78, 5) is 26.2. The van der Waals surface area contributed by atoms with Crippen LogP contribution in [0.5, 0.6) is 5.75 Å². The number of benzene rings is 2. The molecule has 2 aliphatic heterocycles. The molecule has 2 fully saturated rings. The fraction of sp³-hybridized carbons (Fsp3) is 0.517. The molecule has 2 aromatic rings. The Bertz CT molecular complexity index is 1390. The number of halogens is 1. The third-order valence-corrected chi connectivity index (χ3v) is 10.6. The van der Waals surface area contributed by atoms with Gasteiger partial charge in [-0.05, 0) is 61.6 Å². The van der Waals surface area contributed by atoms with Gasteiger partial charge in [0.1, 0.15) is 11.8 Å². The second kappa shape index (κ2) is 12.1. The van der Waals surface area contributed by atoms with Crippen LogP contribution in [0.1, 0.15) is 66.8 Å². The number of ether oxygens (including phenoxy) is 1. The molecule has 9 nitrogen and oxygen atoms in total. The van der Waals surface area contributed by atoms with Gasteiger partial charge in [0.15, 0.2) is 0 Å². The summed E-state index contributed by atoms with van der Waals surface area (Å²) < 4.78 is 34.4. The van der Waals surface area contributed by atoms with E-state index in [0.717, 1.165) is 27.7 Å². The number of fused-ring (bicyclic) bond motifs is 1. The van der Waals surface area contributed by atoms with E-state index in [0.29, 0.717) is 35.2 Å². The zero-order valence-electron chi connectivity index (χ0n) is 23.0. The van der Waals surface area contributed by atoms with E-state index in [1.165, 1.54) is 31.7 Å². The van der Waals surface area contributed by atoms with Crippen LogP contribution < -0.4 is 20.7 Å². The topological polar surface area (TPSA) is 117 Å². The lowest BCUT2D eigenvalue weighted by Gasteiger charge is -2.34. The maximum atomic E-state index is 13.7. The average molecular weight is 589 g/mol. The number of piperazine rings is 1. The zero-order chi connectivity index (χ0) is 28.4. The summed E-state index contributed by atoms with van der Waals surface area (Å²) in [5.41, 5.74) is 3.12. The second-order valence-corrected chi connectivity index (χ2v) is 13.3. The Morgan fingerprint density at radius 3 is 2.67 bits per heavy atom. The molecule has 2 heterocycles. The largest absolute Gasteiger partial charge is 0.493 e. The van der Waals surface area contributed by atoms with Gasteiger partial charge < -0.3 is 20.7 Å². The van der Waals surface area contributed by atoms with E-state index < -0.39 is 27.9 Å². The first-order valence-corrected chi connectivity index (χ1v) is 15.8. The predicted molar refractivity (Wildman–Crippen MR) is 153 cm³/mol. The number of carbonyl (C=O) groups excluding carboxylic acids is 2. The van der Waals surface area contributed by atoms with Gasteiger partial charge >= 0.3 is 0 Å². The molecular formula is C29H37ClN4O5S. The third kappa shape index (κ3) is 6.15. The maximum absolute atomic E-state index is 13.7. The van der Waals surface area contributed by atoms with Gasteiger partial charge in [0, 0.05) is 42.7 Å². The van der Waals surface area contributed by atoms with Crippen LogP contribution in [-0.2, 0) is 26.2 Å². The number of nitrogens with one attached hydrogen (secondary N) is 3. The van der Waals surface area contributed by atoms with Crippen LogP contribution in [0.3, 0.4) is 0 Å². The van der Waals surface area contributed by atoms with Gasteiger partial charge in [-0.1, -0.05) is 36.6 Å². The van der Waals surface area contributed by atoms with Crippen LogP contribution in [0, 0.1) is 13.8 Å². The van der Waals surface area contributed by atoms with Crippen molar-refractivity contribution in [3.63, 3.8) is 0 Å². The molecular weight excluding hydrogens is 552 g/mol. The molecule has 3 N–H and O–H groups in total. The lowest BCUT2D eigenvalue weighted by molar-refractivity contribution is -0.132. The highest BCUT2D eigenvalue weighted by molar-refractivity contribution is 7.89. The number of carbonyl (C=O) groups is 2. The number of nitrogens with zero attached hydrogens (tertiary/aromatic N) is 1. The van der Waals surface area contributed by atoms with Gasteiger partial charge in [-0.2, -0.15) is 4.31 Å². The number of aryl methyl sites for hydroxylation is 2. The van der Waals surface area contributed by atoms with Crippen molar-refractivity contribution in [1.29, 1.82) is 0 Å². The highest BCUT2D eigenvalue weighted by Crippen LogP contribution is 2.34. The van der Waals surface area contributed by atoms with Crippen molar-refractivity contribution >= 4 is 33.4 Å². The van der Waals surface area contributed by atoms with Gasteiger partial charge in [-0.15, -0.1) is 0 Å². The van der Waals surface area contributed by atoms with Gasteiger partial charge in [0.05, 0.1) is 24.0 Å². The van der Waals surface area contributed by atoms with E-state index >= 15 is 0 Å². The molecule has 11 heteroatoms. The number of hydrogen-bond donors (Lipinski definition) is 3. The second-order valence-electron chi connectivity index (χ2n) is 11.0. The molecule has 0 unspecified atom stereocenters. The monoisotopic (exact) mass is 588 g/mol. The highest BCUT2D eigenvalue weighted by Gasteiger charge is 2.40. The molecule has 3 aliphatic rings.